The van der Waals surface area contributed by atoms with Crippen LogP contribution in [0.15, 0.2) is 18.2 Å². The van der Waals surface area contributed by atoms with Crippen LogP contribution in [0.4, 0.5) is 5.69 Å². The number of carbonyl (C=O) groups is 1. The summed E-state index contributed by atoms with van der Waals surface area (Å²) in [7, 11) is 0. The standard InChI is InChI=1S/C14H21N3O/c1-10-12(14(15)18)6-4-7-13(10)17-9-11-5-2-3-8-16-11/h4,6-7,11,16-17H,2-3,5,8-9H2,1H3,(H2,15,18). The number of carbonyl (C=O) groups excluding carboxylic acids is 1. The lowest BCUT2D eigenvalue weighted by atomic mass is 10.0. The lowest BCUT2D eigenvalue weighted by Gasteiger charge is -2.24. The van der Waals surface area contributed by atoms with Gasteiger partial charge in [-0.25, -0.2) is 0 Å². The molecule has 2 rings (SSSR count). The molecule has 1 aromatic rings. The van der Waals surface area contributed by atoms with Gasteiger partial charge < -0.3 is 16.4 Å². The Labute approximate surface area is 108 Å². The van der Waals surface area contributed by atoms with Crippen LogP contribution in [0.3, 0.4) is 0 Å². The van der Waals surface area contributed by atoms with E-state index in [1.807, 2.05) is 19.1 Å². The molecule has 4 heteroatoms. The van der Waals surface area contributed by atoms with Crippen molar-refractivity contribution in [3.63, 3.8) is 0 Å². The summed E-state index contributed by atoms with van der Waals surface area (Å²) in [6, 6.07) is 6.14. The van der Waals surface area contributed by atoms with Crippen molar-refractivity contribution in [3.05, 3.63) is 29.3 Å². The third-order valence-electron chi connectivity index (χ3n) is 3.55. The second-order valence-electron chi connectivity index (χ2n) is 4.87. The van der Waals surface area contributed by atoms with E-state index >= 15 is 0 Å². The highest BCUT2D eigenvalue weighted by molar-refractivity contribution is 5.95. The largest absolute Gasteiger partial charge is 0.383 e. The SMILES string of the molecule is Cc1c(NCC2CCCCN2)cccc1C(N)=O. The van der Waals surface area contributed by atoms with Crippen molar-refractivity contribution in [2.24, 2.45) is 5.73 Å². The van der Waals surface area contributed by atoms with Gasteiger partial charge in [0.15, 0.2) is 0 Å². The van der Waals surface area contributed by atoms with Crippen LogP contribution in [0.2, 0.25) is 0 Å². The van der Waals surface area contributed by atoms with Gasteiger partial charge in [-0.3, -0.25) is 4.79 Å². The van der Waals surface area contributed by atoms with Crippen LogP contribution in [0.5, 0.6) is 0 Å². The van der Waals surface area contributed by atoms with Gasteiger partial charge in [0.1, 0.15) is 0 Å². The summed E-state index contributed by atoms with van der Waals surface area (Å²) in [6.07, 6.45) is 3.77. The average Bonchev–Trinajstić information content (AvgIpc) is 2.38. The molecule has 1 heterocycles. The van der Waals surface area contributed by atoms with Crippen LogP contribution in [-0.4, -0.2) is 25.0 Å². The van der Waals surface area contributed by atoms with Crippen molar-refractivity contribution in [3.8, 4) is 0 Å². The summed E-state index contributed by atoms with van der Waals surface area (Å²) in [4.78, 5) is 11.3. The first-order chi connectivity index (χ1) is 8.68. The molecule has 98 valence electrons. The molecule has 1 aliphatic heterocycles. The minimum atomic E-state index is -0.369. The van der Waals surface area contributed by atoms with E-state index in [0.29, 0.717) is 11.6 Å². The van der Waals surface area contributed by atoms with Gasteiger partial charge in [0.2, 0.25) is 5.91 Å². The fraction of sp³-hybridized carbons (Fsp3) is 0.500. The van der Waals surface area contributed by atoms with E-state index in [1.165, 1.54) is 19.3 Å². The molecule has 0 saturated carbocycles. The molecule has 1 fully saturated rings. The number of nitrogens with two attached hydrogens (primary N) is 1. The molecule has 0 aromatic heterocycles. The van der Waals surface area contributed by atoms with Gasteiger partial charge in [0.25, 0.3) is 0 Å². The Bertz CT molecular complexity index is 425. The first kappa shape index (κ1) is 12.9. The summed E-state index contributed by atoms with van der Waals surface area (Å²) in [5, 5.41) is 6.90. The van der Waals surface area contributed by atoms with Gasteiger partial charge >= 0.3 is 0 Å². The highest BCUT2D eigenvalue weighted by atomic mass is 16.1. The molecule has 18 heavy (non-hydrogen) atoms. The van der Waals surface area contributed by atoms with Crippen LogP contribution in [-0.2, 0) is 0 Å². The van der Waals surface area contributed by atoms with E-state index in [4.69, 9.17) is 5.73 Å². The van der Waals surface area contributed by atoms with Gasteiger partial charge in [-0.05, 0) is 44.0 Å². The Morgan fingerprint density at radius 2 is 2.33 bits per heavy atom. The first-order valence-corrected chi connectivity index (χ1v) is 6.55. The molecule has 1 saturated heterocycles. The Hall–Kier alpha value is -1.55. The topological polar surface area (TPSA) is 67.2 Å². The zero-order valence-corrected chi connectivity index (χ0v) is 10.8. The molecular weight excluding hydrogens is 226 g/mol. The van der Waals surface area contributed by atoms with Crippen molar-refractivity contribution >= 4 is 11.6 Å². The van der Waals surface area contributed by atoms with Crippen molar-refractivity contribution in [1.82, 2.24) is 5.32 Å². The number of benzene rings is 1. The van der Waals surface area contributed by atoms with Crippen LogP contribution in [0.1, 0.15) is 35.2 Å². The molecule has 1 unspecified atom stereocenters. The number of rotatable bonds is 4. The fourth-order valence-corrected chi connectivity index (χ4v) is 2.43. The lowest BCUT2D eigenvalue weighted by Crippen LogP contribution is -2.39. The molecule has 0 radical (unpaired) electrons. The minimum absolute atomic E-state index is 0.369. The molecule has 1 aliphatic rings. The Morgan fingerprint density at radius 1 is 1.50 bits per heavy atom. The third-order valence-corrected chi connectivity index (χ3v) is 3.55. The number of primary amides is 1. The van der Waals surface area contributed by atoms with E-state index in [0.717, 1.165) is 24.3 Å². The average molecular weight is 247 g/mol. The van der Waals surface area contributed by atoms with Crippen LogP contribution >= 0.6 is 0 Å². The molecular formula is C14H21N3O. The first-order valence-electron chi connectivity index (χ1n) is 6.55. The second-order valence-corrected chi connectivity index (χ2v) is 4.87. The Morgan fingerprint density at radius 3 is 3.00 bits per heavy atom. The summed E-state index contributed by atoms with van der Waals surface area (Å²) in [5.41, 5.74) is 7.87. The number of piperidine rings is 1. The highest BCUT2D eigenvalue weighted by Crippen LogP contribution is 2.19. The van der Waals surface area contributed by atoms with Crippen LogP contribution < -0.4 is 16.4 Å². The maximum atomic E-state index is 11.3. The molecule has 4 nitrogen and oxygen atoms in total. The Kier molecular flexibility index (Phi) is 4.20. The highest BCUT2D eigenvalue weighted by Gasteiger charge is 2.13. The van der Waals surface area contributed by atoms with E-state index < -0.39 is 0 Å². The second kappa shape index (κ2) is 5.87. The normalized spacial score (nSPS) is 19.5. The zero-order chi connectivity index (χ0) is 13.0. The van der Waals surface area contributed by atoms with Gasteiger partial charge in [0.05, 0.1) is 0 Å². The smallest absolute Gasteiger partial charge is 0.249 e. The molecule has 1 atom stereocenters. The molecule has 4 N–H and O–H groups in total. The number of nitrogens with one attached hydrogen (secondary N) is 2. The van der Waals surface area contributed by atoms with Gasteiger partial charge in [-0.2, -0.15) is 0 Å². The van der Waals surface area contributed by atoms with E-state index in [-0.39, 0.29) is 5.91 Å². The van der Waals surface area contributed by atoms with Crippen molar-refractivity contribution in [2.75, 3.05) is 18.4 Å². The van der Waals surface area contributed by atoms with Crippen molar-refractivity contribution in [1.29, 1.82) is 0 Å². The number of hydrogen-bond acceptors (Lipinski definition) is 3. The maximum Gasteiger partial charge on any atom is 0.249 e. The predicted molar refractivity (Wildman–Crippen MR) is 73.8 cm³/mol. The molecule has 0 bridgehead atoms. The maximum absolute atomic E-state index is 11.3. The molecule has 1 amide bonds. The van der Waals surface area contributed by atoms with E-state index in [9.17, 15) is 4.79 Å². The van der Waals surface area contributed by atoms with Crippen LogP contribution in [0, 0.1) is 6.92 Å². The summed E-state index contributed by atoms with van der Waals surface area (Å²) in [6.45, 7) is 3.92. The molecule has 1 aromatic carbocycles. The predicted octanol–water partition coefficient (Wildman–Crippen LogP) is 1.65. The van der Waals surface area contributed by atoms with Crippen molar-refractivity contribution < 1.29 is 4.79 Å². The summed E-state index contributed by atoms with van der Waals surface area (Å²) >= 11 is 0. The number of amides is 1. The van der Waals surface area contributed by atoms with Gasteiger partial charge in [-0.15, -0.1) is 0 Å². The number of anilines is 1. The zero-order valence-electron chi connectivity index (χ0n) is 10.8. The minimum Gasteiger partial charge on any atom is -0.383 e. The number of hydrogen-bond donors (Lipinski definition) is 3. The van der Waals surface area contributed by atoms with Crippen LogP contribution in [0.25, 0.3) is 0 Å². The van der Waals surface area contributed by atoms with E-state index in [2.05, 4.69) is 10.6 Å². The summed E-state index contributed by atoms with van der Waals surface area (Å²) < 4.78 is 0. The lowest BCUT2D eigenvalue weighted by molar-refractivity contribution is 0.1000. The third kappa shape index (κ3) is 3.01. The van der Waals surface area contributed by atoms with Crippen molar-refractivity contribution in [2.45, 2.75) is 32.2 Å². The Balaban J connectivity index is 2.00. The van der Waals surface area contributed by atoms with Gasteiger partial charge in [0, 0.05) is 23.8 Å². The molecule has 0 spiro atoms. The quantitative estimate of drug-likeness (QED) is 0.758. The van der Waals surface area contributed by atoms with E-state index in [1.54, 1.807) is 6.07 Å². The fourth-order valence-electron chi connectivity index (χ4n) is 2.43. The summed E-state index contributed by atoms with van der Waals surface area (Å²) in [5.74, 6) is -0.369. The monoisotopic (exact) mass is 247 g/mol. The van der Waals surface area contributed by atoms with Gasteiger partial charge in [-0.1, -0.05) is 12.5 Å². The molecule has 0 aliphatic carbocycles.